The summed E-state index contributed by atoms with van der Waals surface area (Å²) in [5.74, 6) is 0.252. The minimum absolute atomic E-state index is 0.222. The van der Waals surface area contributed by atoms with Crippen molar-refractivity contribution in [3.05, 3.63) is 28.8 Å². The Labute approximate surface area is 86.6 Å². The van der Waals surface area contributed by atoms with Crippen LogP contribution in [-0.2, 0) is 9.53 Å². The van der Waals surface area contributed by atoms with Crippen LogP contribution in [0.2, 0.25) is 5.02 Å². The fraction of sp³-hybridized carbons (Fsp3) is 0.300. The van der Waals surface area contributed by atoms with Gasteiger partial charge in [0.25, 0.3) is 0 Å². The molecule has 1 atom stereocenters. The van der Waals surface area contributed by atoms with Crippen molar-refractivity contribution in [1.82, 2.24) is 0 Å². The molecule has 0 saturated carbocycles. The number of halogens is 1. The Hall–Kier alpha value is -1.22. The highest BCUT2D eigenvalue weighted by Gasteiger charge is 2.34. The van der Waals surface area contributed by atoms with Crippen LogP contribution >= 0.6 is 11.6 Å². The van der Waals surface area contributed by atoms with Crippen LogP contribution in [0.4, 0.5) is 0 Å². The number of carbonyl (C=O) groups is 1. The highest BCUT2D eigenvalue weighted by molar-refractivity contribution is 6.31. The average molecular weight is 213 g/mol. The summed E-state index contributed by atoms with van der Waals surface area (Å²) in [6.45, 7) is 0.408. The molecule has 0 bridgehead atoms. The molecular weight excluding hydrogens is 204 g/mol. The lowest BCUT2D eigenvalue weighted by atomic mass is 9.96. The summed E-state index contributed by atoms with van der Waals surface area (Å²) in [5, 5.41) is 0.576. The topological polar surface area (TPSA) is 35.5 Å². The van der Waals surface area contributed by atoms with Crippen LogP contribution in [0.25, 0.3) is 0 Å². The van der Waals surface area contributed by atoms with E-state index in [4.69, 9.17) is 16.3 Å². The molecule has 0 spiro atoms. The maximum atomic E-state index is 11.1. The van der Waals surface area contributed by atoms with Gasteiger partial charge in [-0.25, -0.2) is 0 Å². The van der Waals surface area contributed by atoms with E-state index in [0.29, 0.717) is 17.4 Å². The molecule has 0 radical (unpaired) electrons. The smallest absolute Gasteiger partial charge is 0.317 e. The number of rotatable bonds is 2. The second kappa shape index (κ2) is 3.50. The SMILES string of the molecule is COc1ccc(Cl)c([C@@H]2COC2=O)c1. The minimum Gasteiger partial charge on any atom is -0.497 e. The molecule has 1 aromatic carbocycles. The third-order valence-corrected chi connectivity index (χ3v) is 2.60. The normalized spacial score (nSPS) is 19.9. The Bertz CT molecular complexity index is 376. The van der Waals surface area contributed by atoms with Crippen LogP contribution in [0.15, 0.2) is 18.2 Å². The van der Waals surface area contributed by atoms with Crippen LogP contribution in [0.5, 0.6) is 5.75 Å². The predicted octanol–water partition coefficient (Wildman–Crippen LogP) is 1.99. The molecule has 1 fully saturated rings. The third-order valence-electron chi connectivity index (χ3n) is 2.26. The second-order valence-electron chi connectivity index (χ2n) is 3.07. The molecule has 74 valence electrons. The van der Waals surface area contributed by atoms with Gasteiger partial charge in [-0.2, -0.15) is 0 Å². The molecule has 1 aromatic rings. The molecule has 4 heteroatoms. The zero-order chi connectivity index (χ0) is 10.1. The summed E-state index contributed by atoms with van der Waals surface area (Å²) < 4.78 is 9.74. The Kier molecular flexibility index (Phi) is 2.33. The fourth-order valence-corrected chi connectivity index (χ4v) is 1.62. The molecule has 0 aliphatic carbocycles. The van der Waals surface area contributed by atoms with Gasteiger partial charge in [0.2, 0.25) is 0 Å². The summed E-state index contributed by atoms with van der Waals surface area (Å²) in [4.78, 5) is 11.1. The lowest BCUT2D eigenvalue weighted by molar-refractivity contribution is -0.161. The van der Waals surface area contributed by atoms with Crippen molar-refractivity contribution >= 4 is 17.6 Å². The van der Waals surface area contributed by atoms with E-state index in [0.717, 1.165) is 5.56 Å². The van der Waals surface area contributed by atoms with Gasteiger partial charge in [-0.1, -0.05) is 11.6 Å². The monoisotopic (exact) mass is 212 g/mol. The molecule has 3 nitrogen and oxygen atoms in total. The lowest BCUT2D eigenvalue weighted by Crippen LogP contribution is -2.32. The van der Waals surface area contributed by atoms with Gasteiger partial charge in [-0.3, -0.25) is 4.79 Å². The lowest BCUT2D eigenvalue weighted by Gasteiger charge is -2.25. The Balaban J connectivity index is 2.35. The molecule has 2 rings (SSSR count). The Morgan fingerprint density at radius 3 is 2.86 bits per heavy atom. The maximum Gasteiger partial charge on any atom is 0.317 e. The fourth-order valence-electron chi connectivity index (χ4n) is 1.37. The van der Waals surface area contributed by atoms with E-state index in [2.05, 4.69) is 4.74 Å². The number of hydrogen-bond acceptors (Lipinski definition) is 3. The summed E-state index contributed by atoms with van der Waals surface area (Å²) >= 11 is 5.96. The highest BCUT2D eigenvalue weighted by Crippen LogP contribution is 2.33. The van der Waals surface area contributed by atoms with E-state index in [9.17, 15) is 4.79 Å². The first kappa shape index (κ1) is 9.34. The molecule has 1 aliphatic heterocycles. The average Bonchev–Trinajstić information content (AvgIpc) is 2.19. The van der Waals surface area contributed by atoms with Gasteiger partial charge in [0, 0.05) is 5.02 Å². The molecular formula is C10H9ClO3. The van der Waals surface area contributed by atoms with Crippen LogP contribution in [0.3, 0.4) is 0 Å². The number of hydrogen-bond donors (Lipinski definition) is 0. The van der Waals surface area contributed by atoms with Crippen molar-refractivity contribution in [2.24, 2.45) is 0 Å². The number of carbonyl (C=O) groups excluding carboxylic acids is 1. The van der Waals surface area contributed by atoms with Crippen LogP contribution in [0.1, 0.15) is 11.5 Å². The molecule has 0 unspecified atom stereocenters. The van der Waals surface area contributed by atoms with Crippen molar-refractivity contribution in [2.45, 2.75) is 5.92 Å². The maximum absolute atomic E-state index is 11.1. The summed E-state index contributed by atoms with van der Waals surface area (Å²) in [6.07, 6.45) is 0. The number of esters is 1. The van der Waals surface area contributed by atoms with Gasteiger partial charge in [-0.15, -0.1) is 0 Å². The minimum atomic E-state index is -0.224. The first-order valence-corrected chi connectivity index (χ1v) is 4.60. The summed E-state index contributed by atoms with van der Waals surface area (Å²) in [5.41, 5.74) is 0.780. The first-order chi connectivity index (χ1) is 6.72. The van der Waals surface area contributed by atoms with Crippen molar-refractivity contribution in [3.8, 4) is 5.75 Å². The highest BCUT2D eigenvalue weighted by atomic mass is 35.5. The summed E-state index contributed by atoms with van der Waals surface area (Å²) in [6, 6.07) is 5.25. The number of methoxy groups -OCH3 is 1. The Morgan fingerprint density at radius 2 is 2.36 bits per heavy atom. The van der Waals surface area contributed by atoms with Crippen molar-refractivity contribution in [1.29, 1.82) is 0 Å². The van der Waals surface area contributed by atoms with E-state index in [1.54, 1.807) is 25.3 Å². The van der Waals surface area contributed by atoms with Gasteiger partial charge in [0.05, 0.1) is 7.11 Å². The van der Waals surface area contributed by atoms with Crippen molar-refractivity contribution in [2.75, 3.05) is 13.7 Å². The first-order valence-electron chi connectivity index (χ1n) is 4.22. The van der Waals surface area contributed by atoms with Gasteiger partial charge in [0.1, 0.15) is 18.3 Å². The molecule has 1 heterocycles. The third kappa shape index (κ3) is 1.44. The van der Waals surface area contributed by atoms with Crippen LogP contribution < -0.4 is 4.74 Å². The van der Waals surface area contributed by atoms with E-state index in [1.807, 2.05) is 0 Å². The zero-order valence-corrected chi connectivity index (χ0v) is 8.38. The standard InChI is InChI=1S/C10H9ClO3/c1-13-6-2-3-9(11)7(4-6)8-5-14-10(8)12/h2-4,8H,5H2,1H3/t8-/m0/s1. The van der Waals surface area contributed by atoms with E-state index in [1.165, 1.54) is 0 Å². The van der Waals surface area contributed by atoms with Gasteiger partial charge < -0.3 is 9.47 Å². The zero-order valence-electron chi connectivity index (χ0n) is 7.62. The summed E-state index contributed by atoms with van der Waals surface area (Å²) in [7, 11) is 1.58. The van der Waals surface area contributed by atoms with Crippen molar-refractivity contribution < 1.29 is 14.3 Å². The number of ether oxygens (including phenoxy) is 2. The molecule has 1 aliphatic rings. The number of cyclic esters (lactones) is 1. The predicted molar refractivity (Wildman–Crippen MR) is 51.7 cm³/mol. The van der Waals surface area contributed by atoms with E-state index < -0.39 is 0 Å². The van der Waals surface area contributed by atoms with Crippen molar-refractivity contribution in [3.63, 3.8) is 0 Å². The van der Waals surface area contributed by atoms with Gasteiger partial charge in [0.15, 0.2) is 0 Å². The quantitative estimate of drug-likeness (QED) is 0.704. The van der Waals surface area contributed by atoms with Gasteiger partial charge >= 0.3 is 5.97 Å². The largest absolute Gasteiger partial charge is 0.497 e. The van der Waals surface area contributed by atoms with Crippen LogP contribution in [-0.4, -0.2) is 19.7 Å². The van der Waals surface area contributed by atoms with E-state index >= 15 is 0 Å². The second-order valence-corrected chi connectivity index (χ2v) is 3.48. The molecule has 0 N–H and O–H groups in total. The molecule has 0 amide bonds. The Morgan fingerprint density at radius 1 is 1.57 bits per heavy atom. The molecule has 0 aromatic heterocycles. The molecule has 14 heavy (non-hydrogen) atoms. The van der Waals surface area contributed by atoms with Gasteiger partial charge in [-0.05, 0) is 23.8 Å². The number of benzene rings is 1. The van der Waals surface area contributed by atoms with E-state index in [-0.39, 0.29) is 11.9 Å². The molecule has 1 saturated heterocycles. The van der Waals surface area contributed by atoms with Crippen LogP contribution in [0, 0.1) is 0 Å².